The van der Waals surface area contributed by atoms with Gasteiger partial charge < -0.3 is 5.32 Å². The Morgan fingerprint density at radius 1 is 1.18 bits per heavy atom. The minimum absolute atomic E-state index is 0.121. The van der Waals surface area contributed by atoms with Crippen molar-refractivity contribution in [1.29, 1.82) is 0 Å². The summed E-state index contributed by atoms with van der Waals surface area (Å²) in [7, 11) is -3.22. The van der Waals surface area contributed by atoms with Crippen LogP contribution in [0.2, 0.25) is 0 Å². The Balaban J connectivity index is 1.67. The third-order valence-electron chi connectivity index (χ3n) is 5.71. The number of imide groups is 1. The standard InChI is InChI=1S/C19H29N3O5S/c1-13(2)12-16(17(23)20-8-10-21-9-5-11-28(21,26)27)22-18(24)14-6-3-4-7-15(14)19(22)25/h3-4,13-16H,5-12H2,1-2H3,(H,20,23)/t14-,15+,16-/m0/s1. The molecule has 2 heterocycles. The molecule has 3 amide bonds. The van der Waals surface area contributed by atoms with Crippen LogP contribution in [0.15, 0.2) is 12.2 Å². The molecule has 156 valence electrons. The van der Waals surface area contributed by atoms with Crippen LogP contribution in [0.4, 0.5) is 0 Å². The van der Waals surface area contributed by atoms with Crippen LogP contribution in [0.1, 0.15) is 39.5 Å². The largest absolute Gasteiger partial charge is 0.353 e. The van der Waals surface area contributed by atoms with Gasteiger partial charge in [-0.3, -0.25) is 19.3 Å². The van der Waals surface area contributed by atoms with Gasteiger partial charge in [-0.1, -0.05) is 26.0 Å². The third kappa shape index (κ3) is 4.15. The molecule has 0 spiro atoms. The molecule has 1 N–H and O–H groups in total. The second-order valence-corrected chi connectivity index (χ2v) is 10.3. The molecule has 3 atom stereocenters. The molecule has 2 fully saturated rings. The lowest BCUT2D eigenvalue weighted by molar-refractivity contribution is -0.148. The van der Waals surface area contributed by atoms with Crippen molar-refractivity contribution in [2.24, 2.45) is 17.8 Å². The van der Waals surface area contributed by atoms with E-state index in [-0.39, 0.29) is 48.4 Å². The Morgan fingerprint density at radius 2 is 1.79 bits per heavy atom. The number of allylic oxidation sites excluding steroid dienone is 2. The van der Waals surface area contributed by atoms with Gasteiger partial charge in [0.25, 0.3) is 0 Å². The van der Waals surface area contributed by atoms with Crippen LogP contribution in [-0.2, 0) is 24.4 Å². The molecule has 9 heteroatoms. The zero-order valence-corrected chi connectivity index (χ0v) is 17.3. The fourth-order valence-electron chi connectivity index (χ4n) is 4.27. The first kappa shape index (κ1) is 21.0. The number of fused-ring (bicyclic) bond motifs is 1. The van der Waals surface area contributed by atoms with Gasteiger partial charge in [0.1, 0.15) is 6.04 Å². The van der Waals surface area contributed by atoms with Gasteiger partial charge in [-0.15, -0.1) is 0 Å². The van der Waals surface area contributed by atoms with Crippen molar-refractivity contribution < 1.29 is 22.8 Å². The number of amides is 3. The molecule has 2 aliphatic heterocycles. The molecule has 0 aromatic rings. The summed E-state index contributed by atoms with van der Waals surface area (Å²) >= 11 is 0. The lowest BCUT2D eigenvalue weighted by Gasteiger charge is -2.27. The number of sulfonamides is 1. The summed E-state index contributed by atoms with van der Waals surface area (Å²) in [4.78, 5) is 39.7. The highest BCUT2D eigenvalue weighted by molar-refractivity contribution is 7.89. The minimum atomic E-state index is -3.22. The highest BCUT2D eigenvalue weighted by atomic mass is 32.2. The van der Waals surface area contributed by atoms with E-state index in [1.54, 1.807) is 0 Å². The van der Waals surface area contributed by atoms with Crippen molar-refractivity contribution in [3.05, 3.63) is 12.2 Å². The lowest BCUT2D eigenvalue weighted by Crippen LogP contribution is -2.51. The number of carbonyl (C=O) groups is 3. The summed E-state index contributed by atoms with van der Waals surface area (Å²) in [6.45, 7) is 4.72. The predicted molar refractivity (Wildman–Crippen MR) is 103 cm³/mol. The molecular formula is C19H29N3O5S. The van der Waals surface area contributed by atoms with Gasteiger partial charge in [-0.05, 0) is 31.6 Å². The van der Waals surface area contributed by atoms with E-state index in [4.69, 9.17) is 0 Å². The monoisotopic (exact) mass is 411 g/mol. The van der Waals surface area contributed by atoms with Crippen molar-refractivity contribution in [1.82, 2.24) is 14.5 Å². The van der Waals surface area contributed by atoms with E-state index in [9.17, 15) is 22.8 Å². The summed E-state index contributed by atoms with van der Waals surface area (Å²) in [5, 5.41) is 2.75. The topological polar surface area (TPSA) is 104 Å². The Labute approximate surface area is 166 Å². The van der Waals surface area contributed by atoms with Gasteiger partial charge in [-0.2, -0.15) is 0 Å². The summed E-state index contributed by atoms with van der Waals surface area (Å²) in [6, 6.07) is -0.846. The smallest absolute Gasteiger partial charge is 0.243 e. The predicted octanol–water partition coefficient (Wildman–Crippen LogP) is 0.504. The maximum Gasteiger partial charge on any atom is 0.243 e. The second kappa shape index (κ2) is 8.32. The van der Waals surface area contributed by atoms with Crippen LogP contribution in [0.3, 0.4) is 0 Å². The van der Waals surface area contributed by atoms with Gasteiger partial charge in [0.2, 0.25) is 27.7 Å². The van der Waals surface area contributed by atoms with Crippen molar-refractivity contribution in [2.75, 3.05) is 25.4 Å². The maximum atomic E-state index is 12.9. The number of likely N-dealkylation sites (tertiary alicyclic amines) is 1. The summed E-state index contributed by atoms with van der Waals surface area (Å²) in [5.74, 6) is -1.38. The first-order valence-electron chi connectivity index (χ1n) is 10.00. The van der Waals surface area contributed by atoms with E-state index < -0.39 is 22.0 Å². The molecule has 0 aromatic heterocycles. The van der Waals surface area contributed by atoms with E-state index in [1.807, 2.05) is 26.0 Å². The lowest BCUT2D eigenvalue weighted by atomic mass is 9.85. The molecule has 1 aliphatic carbocycles. The van der Waals surface area contributed by atoms with Crippen molar-refractivity contribution >= 4 is 27.7 Å². The molecular weight excluding hydrogens is 382 g/mol. The van der Waals surface area contributed by atoms with Gasteiger partial charge in [0.15, 0.2) is 0 Å². The van der Waals surface area contributed by atoms with Crippen molar-refractivity contribution in [3.8, 4) is 0 Å². The Morgan fingerprint density at radius 3 is 2.29 bits per heavy atom. The highest BCUT2D eigenvalue weighted by Crippen LogP contribution is 2.37. The molecule has 2 saturated heterocycles. The fourth-order valence-corrected chi connectivity index (χ4v) is 5.80. The Hall–Kier alpha value is -1.74. The van der Waals surface area contributed by atoms with E-state index in [1.165, 1.54) is 9.21 Å². The average molecular weight is 412 g/mol. The summed E-state index contributed by atoms with van der Waals surface area (Å²) < 4.78 is 25.1. The number of rotatable bonds is 7. The molecule has 28 heavy (non-hydrogen) atoms. The van der Waals surface area contributed by atoms with Crippen LogP contribution in [-0.4, -0.2) is 66.8 Å². The molecule has 3 rings (SSSR count). The number of hydrogen-bond acceptors (Lipinski definition) is 5. The average Bonchev–Trinajstić information content (AvgIpc) is 3.10. The first-order valence-corrected chi connectivity index (χ1v) is 11.6. The molecule has 3 aliphatic rings. The number of nitrogens with one attached hydrogen (secondary N) is 1. The van der Waals surface area contributed by atoms with E-state index in [2.05, 4.69) is 5.32 Å². The van der Waals surface area contributed by atoms with Gasteiger partial charge in [-0.25, -0.2) is 12.7 Å². The SMILES string of the molecule is CC(C)C[C@@H](C(=O)NCCN1CCCS1(=O)=O)N1C(=O)[C@H]2CC=CC[C@H]2C1=O. The fraction of sp³-hybridized carbons (Fsp3) is 0.737. The van der Waals surface area contributed by atoms with Gasteiger partial charge in [0, 0.05) is 19.6 Å². The van der Waals surface area contributed by atoms with Crippen LogP contribution in [0.5, 0.6) is 0 Å². The quantitative estimate of drug-likeness (QED) is 0.485. The molecule has 0 saturated carbocycles. The first-order chi connectivity index (χ1) is 13.2. The third-order valence-corrected chi connectivity index (χ3v) is 7.67. The van der Waals surface area contributed by atoms with E-state index in [0.717, 1.165) is 0 Å². The van der Waals surface area contributed by atoms with E-state index in [0.29, 0.717) is 32.2 Å². The summed E-state index contributed by atoms with van der Waals surface area (Å²) in [5.41, 5.74) is 0. The van der Waals surface area contributed by atoms with Crippen molar-refractivity contribution in [2.45, 2.75) is 45.6 Å². The van der Waals surface area contributed by atoms with Crippen LogP contribution < -0.4 is 5.32 Å². The number of hydrogen-bond donors (Lipinski definition) is 1. The normalized spacial score (nSPS) is 28.0. The molecule has 0 radical (unpaired) electrons. The van der Waals surface area contributed by atoms with E-state index >= 15 is 0 Å². The van der Waals surface area contributed by atoms with Crippen molar-refractivity contribution in [3.63, 3.8) is 0 Å². The van der Waals surface area contributed by atoms with Gasteiger partial charge in [0.05, 0.1) is 17.6 Å². The molecule has 0 bridgehead atoms. The van der Waals surface area contributed by atoms with Crippen LogP contribution in [0, 0.1) is 17.8 Å². The molecule has 8 nitrogen and oxygen atoms in total. The second-order valence-electron chi connectivity index (χ2n) is 8.21. The van der Waals surface area contributed by atoms with Crippen LogP contribution in [0.25, 0.3) is 0 Å². The number of nitrogens with zero attached hydrogens (tertiary/aromatic N) is 2. The zero-order valence-electron chi connectivity index (χ0n) is 16.5. The molecule has 0 unspecified atom stereocenters. The van der Waals surface area contributed by atoms with Gasteiger partial charge >= 0.3 is 0 Å². The minimum Gasteiger partial charge on any atom is -0.353 e. The summed E-state index contributed by atoms with van der Waals surface area (Å²) in [6.07, 6.45) is 5.90. The van der Waals surface area contributed by atoms with Crippen LogP contribution >= 0.6 is 0 Å². The maximum absolute atomic E-state index is 12.9. The Kier molecular flexibility index (Phi) is 6.24. The Bertz CT molecular complexity index is 750. The number of carbonyl (C=O) groups excluding carboxylic acids is 3. The molecule has 0 aromatic carbocycles. The highest BCUT2D eigenvalue weighted by Gasteiger charge is 2.51. The zero-order chi connectivity index (χ0) is 20.5.